The second-order valence-electron chi connectivity index (χ2n) is 2.38. The number of aliphatic carboxylic acids is 1. The number of carboxylic acids is 1. The first-order valence-electron chi connectivity index (χ1n) is 3.20. The average Bonchev–Trinajstić information content (AvgIpc) is 1.88. The van der Waals surface area contributed by atoms with E-state index in [-0.39, 0.29) is 6.61 Å². The summed E-state index contributed by atoms with van der Waals surface area (Å²) in [6.45, 7) is 0.599. The zero-order valence-corrected chi connectivity index (χ0v) is 5.49. The van der Waals surface area contributed by atoms with Crippen molar-refractivity contribution in [3.63, 3.8) is 0 Å². The van der Waals surface area contributed by atoms with Crippen molar-refractivity contribution in [1.82, 2.24) is 0 Å². The van der Waals surface area contributed by atoms with Gasteiger partial charge in [-0.05, 0) is 6.42 Å². The molecular formula is C6H10O4. The molecule has 1 saturated heterocycles. The molecule has 1 heterocycles. The van der Waals surface area contributed by atoms with E-state index < -0.39 is 18.0 Å². The molecule has 2 atom stereocenters. The fourth-order valence-electron chi connectivity index (χ4n) is 0.963. The van der Waals surface area contributed by atoms with Crippen LogP contribution in [0.4, 0.5) is 0 Å². The van der Waals surface area contributed by atoms with Gasteiger partial charge in [0.25, 0.3) is 0 Å². The predicted molar refractivity (Wildman–Crippen MR) is 32.6 cm³/mol. The van der Waals surface area contributed by atoms with E-state index in [0.717, 1.165) is 0 Å². The van der Waals surface area contributed by atoms with Gasteiger partial charge in [0.15, 0.2) is 0 Å². The number of aliphatic hydroxyl groups excluding tert-OH is 1. The summed E-state index contributed by atoms with van der Waals surface area (Å²) in [4.78, 5) is 10.3. The SMILES string of the molecule is O=C(O)C1COCCC1O. The van der Waals surface area contributed by atoms with Crippen LogP contribution in [-0.4, -0.2) is 35.5 Å². The van der Waals surface area contributed by atoms with Gasteiger partial charge in [0.05, 0.1) is 12.7 Å². The minimum atomic E-state index is -0.979. The molecule has 4 nitrogen and oxygen atoms in total. The Kier molecular flexibility index (Phi) is 2.24. The van der Waals surface area contributed by atoms with Gasteiger partial charge in [0, 0.05) is 6.61 Å². The van der Waals surface area contributed by atoms with Gasteiger partial charge in [-0.15, -0.1) is 0 Å². The molecule has 0 saturated carbocycles. The summed E-state index contributed by atoms with van der Waals surface area (Å²) in [6, 6.07) is 0. The summed E-state index contributed by atoms with van der Waals surface area (Å²) >= 11 is 0. The van der Waals surface area contributed by atoms with Crippen molar-refractivity contribution in [1.29, 1.82) is 0 Å². The van der Waals surface area contributed by atoms with Crippen molar-refractivity contribution in [3.05, 3.63) is 0 Å². The Labute approximate surface area is 58.4 Å². The molecule has 0 bridgehead atoms. The third-order valence-corrected chi connectivity index (χ3v) is 1.64. The number of aliphatic hydroxyl groups is 1. The van der Waals surface area contributed by atoms with Crippen molar-refractivity contribution in [3.8, 4) is 0 Å². The van der Waals surface area contributed by atoms with Gasteiger partial charge in [0.1, 0.15) is 5.92 Å². The molecule has 2 N–H and O–H groups in total. The second kappa shape index (κ2) is 2.98. The van der Waals surface area contributed by atoms with Crippen LogP contribution in [-0.2, 0) is 9.53 Å². The van der Waals surface area contributed by atoms with Crippen LogP contribution in [0.15, 0.2) is 0 Å². The molecule has 2 unspecified atom stereocenters. The summed E-state index contributed by atoms with van der Waals surface area (Å²) in [5.41, 5.74) is 0. The topological polar surface area (TPSA) is 66.8 Å². The van der Waals surface area contributed by atoms with Gasteiger partial charge >= 0.3 is 5.97 Å². The Hall–Kier alpha value is -0.610. The van der Waals surface area contributed by atoms with E-state index in [1.807, 2.05) is 0 Å². The second-order valence-corrected chi connectivity index (χ2v) is 2.38. The first-order chi connectivity index (χ1) is 4.72. The van der Waals surface area contributed by atoms with Crippen molar-refractivity contribution < 1.29 is 19.7 Å². The lowest BCUT2D eigenvalue weighted by Gasteiger charge is -2.23. The highest BCUT2D eigenvalue weighted by Gasteiger charge is 2.29. The minimum absolute atomic E-state index is 0.135. The molecule has 1 aliphatic heterocycles. The number of hydrogen-bond donors (Lipinski definition) is 2. The van der Waals surface area contributed by atoms with E-state index in [4.69, 9.17) is 14.9 Å². The quantitative estimate of drug-likeness (QED) is 0.521. The monoisotopic (exact) mass is 146 g/mol. The summed E-state index contributed by atoms with van der Waals surface area (Å²) < 4.78 is 4.87. The summed E-state index contributed by atoms with van der Waals surface area (Å²) in [5, 5.41) is 17.5. The van der Waals surface area contributed by atoms with Crippen molar-refractivity contribution in [2.45, 2.75) is 12.5 Å². The number of hydrogen-bond acceptors (Lipinski definition) is 3. The predicted octanol–water partition coefficient (Wildman–Crippen LogP) is -0.532. The van der Waals surface area contributed by atoms with Crippen LogP contribution < -0.4 is 0 Å². The van der Waals surface area contributed by atoms with Gasteiger partial charge in [0.2, 0.25) is 0 Å². The molecule has 0 aromatic heterocycles. The molecule has 0 amide bonds. The highest BCUT2D eigenvalue weighted by molar-refractivity contribution is 5.70. The summed E-state index contributed by atoms with van der Waals surface area (Å²) in [6.07, 6.45) is -0.303. The Morgan fingerprint density at radius 3 is 2.70 bits per heavy atom. The lowest BCUT2D eigenvalue weighted by atomic mass is 9.99. The summed E-state index contributed by atoms with van der Waals surface area (Å²) in [5.74, 6) is -1.71. The normalized spacial score (nSPS) is 33.7. The first kappa shape index (κ1) is 7.50. The van der Waals surface area contributed by atoms with Crippen molar-refractivity contribution in [2.24, 2.45) is 5.92 Å². The molecule has 10 heavy (non-hydrogen) atoms. The standard InChI is InChI=1S/C6H10O4/c7-5-1-2-10-3-4(5)6(8)9/h4-5,7H,1-3H2,(H,8,9). The van der Waals surface area contributed by atoms with E-state index in [0.29, 0.717) is 13.0 Å². The number of ether oxygens (including phenoxy) is 1. The smallest absolute Gasteiger partial charge is 0.311 e. The van der Waals surface area contributed by atoms with Crippen LogP contribution in [0.25, 0.3) is 0 Å². The van der Waals surface area contributed by atoms with Crippen LogP contribution in [0.3, 0.4) is 0 Å². The van der Waals surface area contributed by atoms with E-state index in [9.17, 15) is 4.79 Å². The zero-order chi connectivity index (χ0) is 7.56. The van der Waals surface area contributed by atoms with Gasteiger partial charge < -0.3 is 14.9 Å². The van der Waals surface area contributed by atoms with Crippen LogP contribution in [0, 0.1) is 5.92 Å². The lowest BCUT2D eigenvalue weighted by molar-refractivity contribution is -0.153. The van der Waals surface area contributed by atoms with Gasteiger partial charge in [-0.1, -0.05) is 0 Å². The van der Waals surface area contributed by atoms with Gasteiger partial charge in [-0.2, -0.15) is 0 Å². The zero-order valence-electron chi connectivity index (χ0n) is 5.49. The maximum absolute atomic E-state index is 10.3. The molecule has 0 aliphatic carbocycles. The first-order valence-corrected chi connectivity index (χ1v) is 3.20. The van der Waals surface area contributed by atoms with Crippen LogP contribution in [0.1, 0.15) is 6.42 Å². The Morgan fingerprint density at radius 1 is 1.60 bits per heavy atom. The van der Waals surface area contributed by atoms with E-state index in [1.165, 1.54) is 0 Å². The maximum atomic E-state index is 10.3. The van der Waals surface area contributed by atoms with E-state index in [1.54, 1.807) is 0 Å². The van der Waals surface area contributed by atoms with Gasteiger partial charge in [-0.3, -0.25) is 4.79 Å². The molecule has 0 spiro atoms. The molecule has 1 rings (SSSR count). The largest absolute Gasteiger partial charge is 0.481 e. The molecule has 0 aromatic carbocycles. The van der Waals surface area contributed by atoms with E-state index >= 15 is 0 Å². The number of carbonyl (C=O) groups is 1. The minimum Gasteiger partial charge on any atom is -0.481 e. The van der Waals surface area contributed by atoms with Gasteiger partial charge in [-0.25, -0.2) is 0 Å². The Bertz CT molecular complexity index is 134. The molecule has 58 valence electrons. The molecule has 0 aromatic rings. The number of carboxylic acid groups (broad SMARTS) is 1. The third-order valence-electron chi connectivity index (χ3n) is 1.64. The molecule has 1 aliphatic rings. The highest BCUT2D eigenvalue weighted by atomic mass is 16.5. The maximum Gasteiger partial charge on any atom is 0.311 e. The van der Waals surface area contributed by atoms with Crippen molar-refractivity contribution >= 4 is 5.97 Å². The molecule has 4 heteroatoms. The molecular weight excluding hydrogens is 136 g/mol. The lowest BCUT2D eigenvalue weighted by Crippen LogP contribution is -2.37. The van der Waals surface area contributed by atoms with Crippen LogP contribution in [0.2, 0.25) is 0 Å². The number of rotatable bonds is 1. The Balaban J connectivity index is 2.47. The van der Waals surface area contributed by atoms with Crippen LogP contribution in [0.5, 0.6) is 0 Å². The highest BCUT2D eigenvalue weighted by Crippen LogP contribution is 2.13. The third kappa shape index (κ3) is 1.46. The van der Waals surface area contributed by atoms with Crippen LogP contribution >= 0.6 is 0 Å². The molecule has 1 fully saturated rings. The van der Waals surface area contributed by atoms with Crippen molar-refractivity contribution in [2.75, 3.05) is 13.2 Å². The fraction of sp³-hybridized carbons (Fsp3) is 0.833. The Morgan fingerprint density at radius 2 is 2.30 bits per heavy atom. The molecule has 0 radical (unpaired) electrons. The summed E-state index contributed by atoms with van der Waals surface area (Å²) in [7, 11) is 0. The average molecular weight is 146 g/mol. The fourth-order valence-corrected chi connectivity index (χ4v) is 0.963. The van der Waals surface area contributed by atoms with E-state index in [2.05, 4.69) is 0 Å².